The van der Waals surface area contributed by atoms with Crippen LogP contribution in [0.25, 0.3) is 0 Å². The van der Waals surface area contributed by atoms with E-state index in [4.69, 9.17) is 0 Å². The van der Waals surface area contributed by atoms with Gasteiger partial charge >= 0.3 is 5.91 Å². The van der Waals surface area contributed by atoms with E-state index < -0.39 is 0 Å². The number of carbonyl (C=O) groups is 1. The van der Waals surface area contributed by atoms with Crippen molar-refractivity contribution in [2.24, 2.45) is 7.05 Å². The minimum atomic E-state index is -0.117. The Labute approximate surface area is 95.0 Å². The molecule has 3 nitrogen and oxygen atoms in total. The molecule has 3 heteroatoms. The number of rotatable bonds is 2. The average Bonchev–Trinajstić information content (AvgIpc) is 2.75. The predicted molar refractivity (Wildman–Crippen MR) is 61.1 cm³/mol. The molecule has 0 amide bonds. The largest absolute Gasteiger partial charge is 0.321 e. The van der Waals surface area contributed by atoms with Crippen molar-refractivity contribution in [3.05, 3.63) is 54.6 Å². The van der Waals surface area contributed by atoms with Crippen LogP contribution < -0.4 is 4.57 Å². The summed E-state index contributed by atoms with van der Waals surface area (Å²) in [7, 11) is 1.90. The Morgan fingerprint density at radius 3 is 2.56 bits per heavy atom. The second-order valence-corrected chi connectivity index (χ2v) is 3.96. The monoisotopic (exact) mass is 215 g/mol. The van der Waals surface area contributed by atoms with Crippen molar-refractivity contribution in [1.82, 2.24) is 4.57 Å². The standard InChI is InChI=1S/C13H15N2O/c1-11(12-6-4-3-5-7-12)13(16)15-9-8-14(2)10-15/h3-11H,1-2H3/q+1/t11-/m0/s1. The third kappa shape index (κ3) is 2.03. The number of aromatic nitrogens is 2. The number of carbonyl (C=O) groups excluding carboxylic acids is 1. The smallest absolute Gasteiger partial charge is 0.246 e. The van der Waals surface area contributed by atoms with Crippen LogP contribution in [0.15, 0.2) is 49.1 Å². The Morgan fingerprint density at radius 1 is 1.31 bits per heavy atom. The van der Waals surface area contributed by atoms with Gasteiger partial charge in [0.25, 0.3) is 6.33 Å². The normalized spacial score (nSPS) is 12.4. The molecule has 0 bridgehead atoms. The summed E-state index contributed by atoms with van der Waals surface area (Å²) < 4.78 is 3.48. The lowest BCUT2D eigenvalue weighted by molar-refractivity contribution is -0.670. The van der Waals surface area contributed by atoms with E-state index >= 15 is 0 Å². The van der Waals surface area contributed by atoms with Crippen LogP contribution in [0.3, 0.4) is 0 Å². The molecule has 0 N–H and O–H groups in total. The van der Waals surface area contributed by atoms with Gasteiger partial charge in [0.2, 0.25) is 0 Å². The average molecular weight is 215 g/mol. The van der Waals surface area contributed by atoms with Crippen molar-refractivity contribution in [1.29, 1.82) is 0 Å². The van der Waals surface area contributed by atoms with Gasteiger partial charge in [-0.1, -0.05) is 30.3 Å². The van der Waals surface area contributed by atoms with Crippen LogP contribution in [0, 0.1) is 0 Å². The lowest BCUT2D eigenvalue weighted by Crippen LogP contribution is -2.26. The van der Waals surface area contributed by atoms with Gasteiger partial charge in [0.15, 0.2) is 0 Å². The first-order valence-electron chi connectivity index (χ1n) is 5.31. The molecule has 0 saturated heterocycles. The number of imidazole rings is 1. The summed E-state index contributed by atoms with van der Waals surface area (Å²) >= 11 is 0. The van der Waals surface area contributed by atoms with Crippen molar-refractivity contribution in [3.8, 4) is 0 Å². The van der Waals surface area contributed by atoms with Gasteiger partial charge in [-0.3, -0.25) is 0 Å². The molecule has 2 rings (SSSR count). The molecule has 0 unspecified atom stereocenters. The van der Waals surface area contributed by atoms with Crippen LogP contribution in [-0.4, -0.2) is 10.5 Å². The second kappa shape index (κ2) is 4.31. The molecule has 82 valence electrons. The topological polar surface area (TPSA) is 25.9 Å². The van der Waals surface area contributed by atoms with Crippen molar-refractivity contribution < 1.29 is 9.36 Å². The fourth-order valence-electron chi connectivity index (χ4n) is 1.69. The molecule has 0 spiro atoms. The van der Waals surface area contributed by atoms with Crippen molar-refractivity contribution in [3.63, 3.8) is 0 Å². The van der Waals surface area contributed by atoms with Crippen LogP contribution in [0.2, 0.25) is 0 Å². The Bertz CT molecular complexity index is 488. The number of hydrogen-bond acceptors (Lipinski definition) is 1. The van der Waals surface area contributed by atoms with E-state index in [-0.39, 0.29) is 11.8 Å². The summed E-state index contributed by atoms with van der Waals surface area (Å²) in [5.74, 6) is -0.0274. The Morgan fingerprint density at radius 2 is 2.00 bits per heavy atom. The molecule has 0 aliphatic rings. The maximum Gasteiger partial charge on any atom is 0.321 e. The van der Waals surface area contributed by atoms with Crippen molar-refractivity contribution in [2.75, 3.05) is 0 Å². The number of benzene rings is 1. The van der Waals surface area contributed by atoms with E-state index in [1.165, 1.54) is 0 Å². The number of aryl methyl sites for hydroxylation is 1. The molecule has 0 aliphatic heterocycles. The van der Waals surface area contributed by atoms with E-state index in [2.05, 4.69) is 0 Å². The molecule has 1 aromatic heterocycles. The summed E-state index contributed by atoms with van der Waals surface area (Å²) in [5.41, 5.74) is 1.05. The summed E-state index contributed by atoms with van der Waals surface area (Å²) in [6.07, 6.45) is 5.42. The highest BCUT2D eigenvalue weighted by Crippen LogP contribution is 2.16. The maximum atomic E-state index is 12.1. The first-order valence-corrected chi connectivity index (χ1v) is 5.31. The first-order chi connectivity index (χ1) is 7.68. The molecular formula is C13H15N2O+. The summed E-state index contributed by atoms with van der Waals surface area (Å²) in [6, 6.07) is 9.82. The molecular weight excluding hydrogens is 200 g/mol. The van der Waals surface area contributed by atoms with Crippen LogP contribution in [-0.2, 0) is 7.05 Å². The summed E-state index contributed by atoms with van der Waals surface area (Å²) in [4.78, 5) is 12.1. The van der Waals surface area contributed by atoms with E-state index in [0.29, 0.717) is 0 Å². The van der Waals surface area contributed by atoms with Gasteiger partial charge < -0.3 is 0 Å². The van der Waals surface area contributed by atoms with Gasteiger partial charge in [-0.25, -0.2) is 9.36 Å². The maximum absolute atomic E-state index is 12.1. The lowest BCUT2D eigenvalue weighted by atomic mass is 10.0. The molecule has 1 aromatic carbocycles. The number of nitrogens with zero attached hydrogens (tertiary/aromatic N) is 2. The molecule has 0 saturated carbocycles. The molecule has 0 fully saturated rings. The highest BCUT2D eigenvalue weighted by molar-refractivity contribution is 5.85. The molecule has 1 atom stereocenters. The fourth-order valence-corrected chi connectivity index (χ4v) is 1.69. The van der Waals surface area contributed by atoms with Crippen LogP contribution in [0.4, 0.5) is 0 Å². The zero-order valence-corrected chi connectivity index (χ0v) is 9.50. The minimum Gasteiger partial charge on any atom is -0.246 e. The predicted octanol–water partition coefficient (Wildman–Crippen LogP) is 1.76. The zero-order chi connectivity index (χ0) is 11.5. The van der Waals surface area contributed by atoms with Gasteiger partial charge in [-0.2, -0.15) is 4.57 Å². The first kappa shape index (κ1) is 10.6. The summed E-state index contributed by atoms with van der Waals surface area (Å²) in [5, 5.41) is 0. The van der Waals surface area contributed by atoms with E-state index in [0.717, 1.165) is 5.56 Å². The molecule has 2 aromatic rings. The molecule has 16 heavy (non-hydrogen) atoms. The fraction of sp³-hybridized carbons (Fsp3) is 0.231. The van der Waals surface area contributed by atoms with Gasteiger partial charge in [0.1, 0.15) is 12.4 Å². The van der Waals surface area contributed by atoms with Crippen molar-refractivity contribution in [2.45, 2.75) is 12.8 Å². The third-order valence-electron chi connectivity index (χ3n) is 2.69. The van der Waals surface area contributed by atoms with E-state index in [1.807, 2.05) is 55.1 Å². The van der Waals surface area contributed by atoms with Gasteiger partial charge in [0, 0.05) is 0 Å². The highest BCUT2D eigenvalue weighted by Gasteiger charge is 2.21. The lowest BCUT2D eigenvalue weighted by Gasteiger charge is -2.06. The Balaban J connectivity index is 2.23. The van der Waals surface area contributed by atoms with Crippen LogP contribution >= 0.6 is 0 Å². The van der Waals surface area contributed by atoms with Gasteiger partial charge in [-0.05, 0) is 12.5 Å². The van der Waals surface area contributed by atoms with Gasteiger partial charge in [0.05, 0.1) is 13.0 Å². The Hall–Kier alpha value is -1.90. The zero-order valence-electron chi connectivity index (χ0n) is 9.50. The van der Waals surface area contributed by atoms with Crippen molar-refractivity contribution >= 4 is 5.91 Å². The quantitative estimate of drug-likeness (QED) is 0.701. The second-order valence-electron chi connectivity index (χ2n) is 3.96. The molecule has 0 radical (unpaired) electrons. The minimum absolute atomic E-state index is 0.0896. The highest BCUT2D eigenvalue weighted by atomic mass is 16.2. The Kier molecular flexibility index (Phi) is 2.86. The van der Waals surface area contributed by atoms with Crippen LogP contribution in [0.1, 0.15) is 23.2 Å². The van der Waals surface area contributed by atoms with E-state index in [9.17, 15) is 4.79 Å². The van der Waals surface area contributed by atoms with Crippen LogP contribution in [0.5, 0.6) is 0 Å². The third-order valence-corrected chi connectivity index (χ3v) is 2.69. The molecule has 1 heterocycles. The summed E-state index contributed by atoms with van der Waals surface area (Å²) in [6.45, 7) is 1.93. The van der Waals surface area contributed by atoms with E-state index in [1.54, 1.807) is 17.1 Å². The molecule has 0 aliphatic carbocycles. The number of hydrogen-bond donors (Lipinski definition) is 0. The van der Waals surface area contributed by atoms with Gasteiger partial charge in [-0.15, -0.1) is 0 Å². The SMILES string of the molecule is C[C@H](C(=O)n1cc[n+](C)c1)c1ccccc1.